The minimum absolute atomic E-state index is 0.105. The van der Waals surface area contributed by atoms with Crippen molar-refractivity contribution in [1.82, 2.24) is 14.5 Å². The van der Waals surface area contributed by atoms with Gasteiger partial charge in [0.25, 0.3) is 0 Å². The molecule has 1 unspecified atom stereocenters. The van der Waals surface area contributed by atoms with Crippen molar-refractivity contribution in [2.45, 2.75) is 25.6 Å². The Labute approximate surface area is 187 Å². The first-order valence-electron chi connectivity index (χ1n) is 9.94. The van der Waals surface area contributed by atoms with Crippen molar-refractivity contribution in [3.05, 3.63) is 65.5 Å². The van der Waals surface area contributed by atoms with Crippen LogP contribution in [0, 0.1) is 5.82 Å². The van der Waals surface area contributed by atoms with Gasteiger partial charge in [0.2, 0.25) is 21.8 Å². The first kappa shape index (κ1) is 23.7. The van der Waals surface area contributed by atoms with E-state index >= 15 is 0 Å². The molecule has 32 heavy (non-hydrogen) atoms. The molecular formula is C22H26FN3O5S. The third kappa shape index (κ3) is 5.25. The van der Waals surface area contributed by atoms with Crippen LogP contribution in [-0.2, 0) is 32.7 Å². The van der Waals surface area contributed by atoms with Gasteiger partial charge in [0.1, 0.15) is 17.1 Å². The van der Waals surface area contributed by atoms with Crippen LogP contribution in [0.15, 0.2) is 48.5 Å². The second-order valence-corrected chi connectivity index (χ2v) is 9.93. The molecule has 1 saturated heterocycles. The summed E-state index contributed by atoms with van der Waals surface area (Å²) in [7, 11) is -2.17. The lowest BCUT2D eigenvalue weighted by molar-refractivity contribution is -0.153. The minimum atomic E-state index is -3.70. The number of rotatable bonds is 7. The number of nitrogens with zero attached hydrogens (tertiary/aromatic N) is 2. The van der Waals surface area contributed by atoms with Gasteiger partial charge in [-0.25, -0.2) is 12.8 Å². The molecule has 0 saturated carbocycles. The molecule has 2 aromatic rings. The fourth-order valence-corrected chi connectivity index (χ4v) is 4.45. The van der Waals surface area contributed by atoms with E-state index in [0.29, 0.717) is 11.3 Å². The molecule has 0 spiro atoms. The fraction of sp³-hybridized carbons (Fsp3) is 0.364. The Balaban J connectivity index is 1.88. The van der Waals surface area contributed by atoms with Crippen LogP contribution in [0.3, 0.4) is 0 Å². The van der Waals surface area contributed by atoms with E-state index in [1.54, 1.807) is 43.3 Å². The Hall–Kier alpha value is -2.98. The van der Waals surface area contributed by atoms with Gasteiger partial charge in [0.05, 0.1) is 19.9 Å². The Morgan fingerprint density at radius 3 is 2.50 bits per heavy atom. The van der Waals surface area contributed by atoms with Crippen LogP contribution in [0.5, 0.6) is 5.75 Å². The van der Waals surface area contributed by atoms with E-state index in [2.05, 4.69) is 5.32 Å². The van der Waals surface area contributed by atoms with Crippen molar-refractivity contribution < 1.29 is 27.1 Å². The predicted octanol–water partition coefficient (Wildman–Crippen LogP) is 1.51. The van der Waals surface area contributed by atoms with Crippen molar-refractivity contribution in [2.75, 3.05) is 26.5 Å². The zero-order valence-corrected chi connectivity index (χ0v) is 19.0. The zero-order valence-electron chi connectivity index (χ0n) is 18.2. The maximum Gasteiger partial charge on any atom is 0.247 e. The van der Waals surface area contributed by atoms with Gasteiger partial charge in [-0.3, -0.25) is 9.59 Å². The summed E-state index contributed by atoms with van der Waals surface area (Å²) in [5.41, 5.74) is -0.0468. The summed E-state index contributed by atoms with van der Waals surface area (Å²) in [5, 5.41) is 2.76. The average Bonchev–Trinajstić information content (AvgIpc) is 2.75. The normalized spacial score (nSPS) is 19.6. The second kappa shape index (κ2) is 9.25. The number of hydrogen-bond donors (Lipinski definition) is 1. The highest BCUT2D eigenvalue weighted by Crippen LogP contribution is 2.27. The average molecular weight is 464 g/mol. The monoisotopic (exact) mass is 463 g/mol. The lowest BCUT2D eigenvalue weighted by Crippen LogP contribution is -2.69. The van der Waals surface area contributed by atoms with Crippen LogP contribution in [0.1, 0.15) is 18.1 Å². The predicted molar refractivity (Wildman–Crippen MR) is 117 cm³/mol. The standard InChI is InChI=1S/C22H26FN3O5S/c1-22(21(28)24-12-16-7-9-18(23)10-8-16)15-25(32(3,29)30)14-20(27)26(22)13-17-5-4-6-19(11-17)31-2/h4-11H,12-15H2,1-3H3,(H,24,28). The summed E-state index contributed by atoms with van der Waals surface area (Å²) in [6.07, 6.45) is 1.01. The Morgan fingerprint density at radius 2 is 1.88 bits per heavy atom. The molecule has 2 amide bonds. The van der Waals surface area contributed by atoms with Crippen LogP contribution in [-0.4, -0.2) is 61.4 Å². The number of sulfonamides is 1. The lowest BCUT2D eigenvalue weighted by Gasteiger charge is -2.46. The molecule has 172 valence electrons. The van der Waals surface area contributed by atoms with Crippen LogP contribution in [0.4, 0.5) is 4.39 Å². The van der Waals surface area contributed by atoms with Crippen LogP contribution >= 0.6 is 0 Å². The molecule has 0 aromatic heterocycles. The smallest absolute Gasteiger partial charge is 0.247 e. The second-order valence-electron chi connectivity index (χ2n) is 7.95. The lowest BCUT2D eigenvalue weighted by atomic mass is 9.94. The topological polar surface area (TPSA) is 96.0 Å². The quantitative estimate of drug-likeness (QED) is 0.672. The molecule has 1 heterocycles. The summed E-state index contributed by atoms with van der Waals surface area (Å²) in [5.74, 6) is -0.777. The molecule has 3 rings (SSSR count). The maximum absolute atomic E-state index is 13.3. The number of halogens is 1. The summed E-state index contributed by atoms with van der Waals surface area (Å²) >= 11 is 0. The largest absolute Gasteiger partial charge is 0.497 e. The molecule has 0 radical (unpaired) electrons. The van der Waals surface area contributed by atoms with E-state index in [1.807, 2.05) is 0 Å². The highest BCUT2D eigenvalue weighted by atomic mass is 32.2. The minimum Gasteiger partial charge on any atom is -0.497 e. The molecule has 1 atom stereocenters. The van der Waals surface area contributed by atoms with Crippen molar-refractivity contribution in [3.8, 4) is 5.75 Å². The van der Waals surface area contributed by atoms with E-state index in [1.165, 1.54) is 24.1 Å². The van der Waals surface area contributed by atoms with E-state index in [-0.39, 0.29) is 26.2 Å². The number of ether oxygens (including phenoxy) is 1. The number of carbonyl (C=O) groups excluding carboxylic acids is 2. The number of hydrogen-bond acceptors (Lipinski definition) is 5. The molecule has 1 fully saturated rings. The third-order valence-electron chi connectivity index (χ3n) is 5.49. The van der Waals surface area contributed by atoms with E-state index in [0.717, 1.165) is 16.1 Å². The highest BCUT2D eigenvalue weighted by molar-refractivity contribution is 7.88. The van der Waals surface area contributed by atoms with Gasteiger partial charge < -0.3 is 15.0 Å². The summed E-state index contributed by atoms with van der Waals surface area (Å²) in [6, 6.07) is 12.8. The molecule has 1 aliphatic rings. The van der Waals surface area contributed by atoms with Crippen molar-refractivity contribution in [3.63, 3.8) is 0 Å². The molecule has 1 aliphatic heterocycles. The Morgan fingerprint density at radius 1 is 1.19 bits per heavy atom. The van der Waals surface area contributed by atoms with Crippen molar-refractivity contribution in [2.24, 2.45) is 0 Å². The highest BCUT2D eigenvalue weighted by Gasteiger charge is 2.49. The van der Waals surface area contributed by atoms with Gasteiger partial charge in [-0.05, 0) is 42.3 Å². The number of amides is 2. The van der Waals surface area contributed by atoms with Crippen LogP contribution < -0.4 is 10.1 Å². The van der Waals surface area contributed by atoms with Gasteiger partial charge in [-0.2, -0.15) is 4.31 Å². The van der Waals surface area contributed by atoms with Crippen LogP contribution in [0.2, 0.25) is 0 Å². The number of nitrogens with one attached hydrogen (secondary N) is 1. The van der Waals surface area contributed by atoms with E-state index in [4.69, 9.17) is 4.74 Å². The van der Waals surface area contributed by atoms with Gasteiger partial charge in [-0.1, -0.05) is 24.3 Å². The zero-order chi connectivity index (χ0) is 23.5. The molecule has 0 aliphatic carbocycles. The maximum atomic E-state index is 13.3. The van der Waals surface area contributed by atoms with Crippen LogP contribution in [0.25, 0.3) is 0 Å². The third-order valence-corrected chi connectivity index (χ3v) is 6.69. The molecule has 0 bridgehead atoms. The first-order valence-corrected chi connectivity index (χ1v) is 11.8. The number of piperazine rings is 1. The summed E-state index contributed by atoms with van der Waals surface area (Å²) in [4.78, 5) is 27.7. The van der Waals surface area contributed by atoms with Gasteiger partial charge in [-0.15, -0.1) is 0 Å². The van der Waals surface area contributed by atoms with E-state index in [9.17, 15) is 22.4 Å². The fourth-order valence-electron chi connectivity index (χ4n) is 3.62. The van der Waals surface area contributed by atoms with Gasteiger partial charge in [0.15, 0.2) is 0 Å². The Kier molecular flexibility index (Phi) is 6.85. The van der Waals surface area contributed by atoms with E-state index < -0.39 is 33.2 Å². The molecule has 10 heteroatoms. The SMILES string of the molecule is COc1cccc(CN2C(=O)CN(S(C)(=O)=O)CC2(C)C(=O)NCc2ccc(F)cc2)c1. The molecule has 1 N–H and O–H groups in total. The summed E-state index contributed by atoms with van der Waals surface area (Å²) < 4.78 is 43.7. The molecular weight excluding hydrogens is 437 g/mol. The number of carbonyl (C=O) groups is 2. The molecule has 8 nitrogen and oxygen atoms in total. The first-order chi connectivity index (χ1) is 15.0. The number of benzene rings is 2. The van der Waals surface area contributed by atoms with Crippen molar-refractivity contribution in [1.29, 1.82) is 0 Å². The van der Waals surface area contributed by atoms with Gasteiger partial charge >= 0.3 is 0 Å². The molecule has 2 aromatic carbocycles. The number of methoxy groups -OCH3 is 1. The van der Waals surface area contributed by atoms with Crippen molar-refractivity contribution >= 4 is 21.8 Å². The van der Waals surface area contributed by atoms with Gasteiger partial charge in [0, 0.05) is 19.6 Å². The Bertz CT molecular complexity index is 1110. The summed E-state index contributed by atoms with van der Waals surface area (Å²) in [6.45, 7) is 1.23.